The van der Waals surface area contributed by atoms with Gasteiger partial charge in [-0.05, 0) is 117 Å². The van der Waals surface area contributed by atoms with Crippen molar-refractivity contribution in [2.75, 3.05) is 107 Å². The number of carbonyl (C=O) groups is 6. The third kappa shape index (κ3) is 14.8. The van der Waals surface area contributed by atoms with Gasteiger partial charge in [0.05, 0.1) is 20.0 Å². The van der Waals surface area contributed by atoms with Crippen molar-refractivity contribution in [1.82, 2.24) is 62.8 Å². The monoisotopic (exact) mass is 1400 g/mol. The van der Waals surface area contributed by atoms with Crippen LogP contribution in [0.2, 0.25) is 0 Å². The van der Waals surface area contributed by atoms with Gasteiger partial charge in [0.2, 0.25) is 23.8 Å². The van der Waals surface area contributed by atoms with Crippen LogP contribution >= 0.6 is 0 Å². The average Bonchev–Trinajstić information content (AvgIpc) is 1.73. The third-order valence-corrected chi connectivity index (χ3v) is 17.6. The second kappa shape index (κ2) is 30.6. The maximum atomic E-state index is 12.6. The Hall–Kier alpha value is -14.4. The maximum absolute atomic E-state index is 12.6. The summed E-state index contributed by atoms with van der Waals surface area (Å²) >= 11 is 0. The molecule has 15 rings (SSSR count). The van der Waals surface area contributed by atoms with Crippen LogP contribution in [-0.4, -0.2) is 158 Å². The molecule has 0 bridgehead atoms. The normalized spacial score (nSPS) is 13.1. The van der Waals surface area contributed by atoms with E-state index in [1.807, 2.05) is 138 Å². The number of aromatic nitrogens is 10. The van der Waals surface area contributed by atoms with E-state index in [-0.39, 0.29) is 35.4 Å². The molecule has 10 heterocycles. The first-order valence-corrected chi connectivity index (χ1v) is 33.3. The Labute approximate surface area is 602 Å². The summed E-state index contributed by atoms with van der Waals surface area (Å²) in [5.41, 5.74) is 29.7. The molecule has 105 heavy (non-hydrogen) atoms. The summed E-state index contributed by atoms with van der Waals surface area (Å²) in [5.74, 6) is 12.4. The molecule has 0 radical (unpaired) electrons. The van der Waals surface area contributed by atoms with Gasteiger partial charge < -0.3 is 62.6 Å². The van der Waals surface area contributed by atoms with Gasteiger partial charge in [0.15, 0.2) is 0 Å². The van der Waals surface area contributed by atoms with Crippen molar-refractivity contribution in [2.24, 2.45) is 0 Å². The van der Waals surface area contributed by atoms with Crippen LogP contribution in [0.1, 0.15) is 50.6 Å². The molecule has 3 aliphatic heterocycles. The summed E-state index contributed by atoms with van der Waals surface area (Å²) in [6.45, 7) is 13.6. The quantitative estimate of drug-likeness (QED) is 0.0465. The van der Waals surface area contributed by atoms with E-state index in [9.17, 15) is 28.8 Å². The highest BCUT2D eigenvalue weighted by atomic mass is 16.2. The number of anilines is 9. The van der Waals surface area contributed by atoms with Crippen molar-refractivity contribution in [3.63, 3.8) is 0 Å². The number of pyridine rings is 1. The van der Waals surface area contributed by atoms with E-state index in [0.717, 1.165) is 22.3 Å². The predicted octanol–water partition coefficient (Wildman–Crippen LogP) is 8.45. The van der Waals surface area contributed by atoms with Crippen LogP contribution in [0, 0.1) is 30.6 Å². The Morgan fingerprint density at radius 2 is 0.848 bits per heavy atom. The highest BCUT2D eigenvalue weighted by Crippen LogP contribution is 2.37. The number of hydrogen-bond donors (Lipinski definition) is 6. The van der Waals surface area contributed by atoms with Crippen molar-refractivity contribution in [3.8, 4) is 57.5 Å². The lowest BCUT2D eigenvalue weighted by molar-refractivity contribution is -0.125. The highest BCUT2D eigenvalue weighted by Gasteiger charge is 2.32. The Balaban J connectivity index is 0.000000140. The molecule has 3 aliphatic rings. The van der Waals surface area contributed by atoms with Gasteiger partial charge in [0.1, 0.15) is 56.8 Å². The molecule has 7 aromatic heterocycles. The number of nitrogens with zero attached hydrogens (tertiary/aromatic N) is 16. The number of nitrogens with two attached hydrogens (primary N) is 3. The number of aryl methyl sites for hydroxylation is 1. The number of amides is 6. The molecule has 0 aliphatic carbocycles. The first-order chi connectivity index (χ1) is 51.0. The Morgan fingerprint density at radius 1 is 0.448 bits per heavy atom. The summed E-state index contributed by atoms with van der Waals surface area (Å²) in [7, 11) is 0. The lowest BCUT2D eigenvalue weighted by Crippen LogP contribution is -2.30. The number of hydrogen-bond acceptors (Lipinski definition) is 19. The molecule has 28 heteroatoms. The molecule has 3 fully saturated rings. The molecule has 28 nitrogen and oxygen atoms in total. The average molecular weight is 1400 g/mol. The van der Waals surface area contributed by atoms with Crippen LogP contribution in [0.5, 0.6) is 0 Å². The molecule has 0 unspecified atom stereocenters. The fourth-order valence-corrected chi connectivity index (χ4v) is 12.3. The van der Waals surface area contributed by atoms with Gasteiger partial charge in [-0.1, -0.05) is 91.2 Å². The summed E-state index contributed by atoms with van der Waals surface area (Å²) in [5, 5.41) is 8.71. The van der Waals surface area contributed by atoms with Crippen LogP contribution < -0.4 is 47.9 Å². The third-order valence-electron chi connectivity index (χ3n) is 17.6. The number of fused-ring (bicyclic) bond motifs is 3. The number of nitrogens with one attached hydrogen (secondary N) is 3. The maximum Gasteiger partial charge on any atom is 0.299 e. The summed E-state index contributed by atoms with van der Waals surface area (Å²) in [6, 6.07) is 43.8. The number of nitrogen functional groups attached to an aromatic ring is 3. The summed E-state index contributed by atoms with van der Waals surface area (Å²) in [4.78, 5) is 117. The predicted molar refractivity (Wildman–Crippen MR) is 403 cm³/mol. The molecule has 0 spiro atoms. The smallest absolute Gasteiger partial charge is 0.299 e. The van der Waals surface area contributed by atoms with Crippen LogP contribution in [0.4, 0.5) is 52.4 Å². The highest BCUT2D eigenvalue weighted by molar-refractivity contribution is 6.06. The SMILES string of the molecule is C=CC(=O)N1CCN(c2nc(-c3ccc(NC(=O)c4ccccn4)cc3)c3c(N)nccn23)C1.CC#CC(=O)N1CCN(c2nc(-c3ccc(NC(=O)c4ccccc4)c(C)c3)c3c(N)nccn23)C1.CC#CC(=O)N1CCN(c2nc(-c3ccc(NC(=O)c4ccccc4)cc3)c3c(N)nccn23)C1. The minimum absolute atomic E-state index is 0.117. The number of carbonyl (C=O) groups excluding carboxylic acids is 6. The molecule has 12 aromatic rings. The van der Waals surface area contributed by atoms with E-state index in [1.54, 1.807) is 114 Å². The van der Waals surface area contributed by atoms with E-state index in [1.165, 1.54) is 6.08 Å². The minimum atomic E-state index is -0.288. The molecule has 9 N–H and O–H groups in total. The van der Waals surface area contributed by atoms with Crippen LogP contribution in [0.3, 0.4) is 0 Å². The Morgan fingerprint density at radius 3 is 1.27 bits per heavy atom. The van der Waals surface area contributed by atoms with E-state index in [4.69, 9.17) is 32.2 Å². The molecule has 0 saturated carbocycles. The van der Waals surface area contributed by atoms with E-state index in [0.29, 0.717) is 162 Å². The van der Waals surface area contributed by atoms with Gasteiger partial charge >= 0.3 is 0 Å². The molecular weight excluding hydrogens is 1330 g/mol. The topological polar surface area (TPSA) is 339 Å². The molecular formula is C77H70N22O6. The van der Waals surface area contributed by atoms with E-state index in [2.05, 4.69) is 66.1 Å². The van der Waals surface area contributed by atoms with E-state index < -0.39 is 0 Å². The van der Waals surface area contributed by atoms with Crippen LogP contribution in [-0.2, 0) is 14.4 Å². The van der Waals surface area contributed by atoms with Crippen molar-refractivity contribution < 1.29 is 28.8 Å². The van der Waals surface area contributed by atoms with Gasteiger partial charge in [0.25, 0.3) is 29.5 Å². The number of imidazole rings is 3. The van der Waals surface area contributed by atoms with Crippen molar-refractivity contribution in [3.05, 3.63) is 224 Å². The van der Waals surface area contributed by atoms with Crippen molar-refractivity contribution >= 4 is 104 Å². The second-order valence-corrected chi connectivity index (χ2v) is 24.3. The van der Waals surface area contributed by atoms with Gasteiger partial charge in [0, 0.05) is 128 Å². The zero-order chi connectivity index (χ0) is 73.3. The van der Waals surface area contributed by atoms with E-state index >= 15 is 0 Å². The number of rotatable bonds is 13. The Kier molecular flexibility index (Phi) is 20.1. The molecule has 3 saturated heterocycles. The zero-order valence-corrected chi connectivity index (χ0v) is 57.4. The largest absolute Gasteiger partial charge is 0.382 e. The summed E-state index contributed by atoms with van der Waals surface area (Å²) in [6.07, 6.45) is 13.2. The Bertz CT molecular complexity index is 5450. The van der Waals surface area contributed by atoms with Crippen LogP contribution in [0.25, 0.3) is 50.3 Å². The zero-order valence-electron chi connectivity index (χ0n) is 57.4. The van der Waals surface area contributed by atoms with Gasteiger partial charge in [-0.15, -0.1) is 0 Å². The minimum Gasteiger partial charge on any atom is -0.382 e. The fraction of sp³-hybridized carbons (Fsp3) is 0.156. The molecule has 5 aromatic carbocycles. The first kappa shape index (κ1) is 69.1. The molecule has 0 atom stereocenters. The fourth-order valence-electron chi connectivity index (χ4n) is 12.3. The summed E-state index contributed by atoms with van der Waals surface area (Å²) < 4.78 is 5.68. The standard InChI is InChI=1S/C27H25N7O2.C26H23N7O2.C24H22N8O2/c1-3-7-22(35)32-14-15-33(17-32)27-31-23(24-25(28)29-12-13-34(24)27)20-10-11-21(18(2)16-20)30-26(36)19-8-5-4-6-9-19;1-2-6-21(34)31-15-16-32(17-31)26-30-22(23-24(27)28-13-14-33(23)26)18-9-11-20(12-10-18)29-25(35)19-7-4-3-5-8-19;1-2-19(33)30-13-14-31(15-30)24-29-20(21-22(25)27-11-12-32(21)24)16-6-8-17(9-7-16)28-23(34)18-5-3-4-10-26-18/h4-6,8-13,16H,14-15,17H2,1-2H3,(H2,28,29)(H,30,36);3-5,7-14H,15-17H2,1H3,(H2,27,28)(H,29,35);2-12H,1,13-15H2,(H2,25,27)(H,28,34). The van der Waals surface area contributed by atoms with Gasteiger partial charge in [-0.3, -0.25) is 47.0 Å². The molecule has 6 amide bonds. The van der Waals surface area contributed by atoms with Crippen molar-refractivity contribution in [2.45, 2.75) is 20.8 Å². The first-order valence-electron chi connectivity index (χ1n) is 33.3. The lowest BCUT2D eigenvalue weighted by Gasteiger charge is -2.17. The van der Waals surface area contributed by atoms with Gasteiger partial charge in [-0.25, -0.2) is 29.9 Å². The lowest BCUT2D eigenvalue weighted by atomic mass is 10.1. The van der Waals surface area contributed by atoms with Gasteiger partial charge in [-0.2, -0.15) is 0 Å². The number of benzene rings is 5. The second-order valence-electron chi connectivity index (χ2n) is 24.3. The van der Waals surface area contributed by atoms with Crippen LogP contribution in [0.15, 0.2) is 202 Å². The molecule has 524 valence electrons. The van der Waals surface area contributed by atoms with Crippen molar-refractivity contribution in [1.29, 1.82) is 0 Å².